The van der Waals surface area contributed by atoms with E-state index in [1.54, 1.807) is 43.3 Å². The first-order valence-corrected chi connectivity index (χ1v) is 10.6. The minimum Gasteiger partial charge on any atom is -0.494 e. The number of amides is 1. The summed E-state index contributed by atoms with van der Waals surface area (Å²) in [6.45, 7) is 7.74. The first-order valence-electron chi connectivity index (χ1n) is 8.73. The number of aryl methyl sites for hydroxylation is 2. The Labute approximate surface area is 161 Å². The highest BCUT2D eigenvalue weighted by Gasteiger charge is 2.29. The molecule has 1 N–H and O–H groups in total. The molecule has 7 heteroatoms. The molecule has 0 heterocycles. The normalized spacial score (nSPS) is 12.3. The van der Waals surface area contributed by atoms with Gasteiger partial charge in [0.15, 0.2) is 0 Å². The summed E-state index contributed by atoms with van der Waals surface area (Å²) in [5.74, 6) is 0.213. The van der Waals surface area contributed by atoms with Gasteiger partial charge in [0.1, 0.15) is 11.8 Å². The van der Waals surface area contributed by atoms with Crippen LogP contribution in [0.15, 0.2) is 42.5 Å². The molecule has 0 radical (unpaired) electrons. The molecule has 2 rings (SSSR count). The van der Waals surface area contributed by atoms with E-state index in [0.29, 0.717) is 23.7 Å². The molecule has 0 fully saturated rings. The summed E-state index contributed by atoms with van der Waals surface area (Å²) in [6.07, 6.45) is 1.10. The standard InChI is InChI=1S/C20H26N2O4S/c1-6-26-19-9-7-8-17(13-19)21-20(23)16(4)22(27(5,24)25)18-11-14(2)10-15(3)12-18/h7-13,16H,6H2,1-5H3,(H,21,23)/t16-/m0/s1. The molecule has 27 heavy (non-hydrogen) atoms. The average Bonchev–Trinajstić information content (AvgIpc) is 2.53. The van der Waals surface area contributed by atoms with E-state index in [1.165, 1.54) is 0 Å². The van der Waals surface area contributed by atoms with Crippen LogP contribution in [0.3, 0.4) is 0 Å². The van der Waals surface area contributed by atoms with E-state index < -0.39 is 22.0 Å². The van der Waals surface area contributed by atoms with Crippen LogP contribution < -0.4 is 14.4 Å². The van der Waals surface area contributed by atoms with Crippen LogP contribution in [0.25, 0.3) is 0 Å². The van der Waals surface area contributed by atoms with Crippen LogP contribution in [0.5, 0.6) is 5.75 Å². The molecule has 0 spiro atoms. The number of rotatable bonds is 7. The quantitative estimate of drug-likeness (QED) is 0.785. The number of nitrogens with zero attached hydrogens (tertiary/aromatic N) is 1. The molecule has 0 aliphatic rings. The van der Waals surface area contributed by atoms with Gasteiger partial charge in [-0.05, 0) is 63.1 Å². The zero-order chi connectivity index (χ0) is 20.2. The Hall–Kier alpha value is -2.54. The first kappa shape index (κ1) is 20.8. The van der Waals surface area contributed by atoms with Gasteiger partial charge in [-0.15, -0.1) is 0 Å². The maximum atomic E-state index is 12.8. The van der Waals surface area contributed by atoms with Crippen molar-refractivity contribution >= 4 is 27.3 Å². The highest BCUT2D eigenvalue weighted by atomic mass is 32.2. The SMILES string of the molecule is CCOc1cccc(NC(=O)[C@H](C)N(c2cc(C)cc(C)c2)S(C)(=O)=O)c1. The van der Waals surface area contributed by atoms with Crippen LogP contribution in [0, 0.1) is 13.8 Å². The summed E-state index contributed by atoms with van der Waals surface area (Å²) < 4.78 is 31.4. The molecule has 0 aliphatic heterocycles. The number of hydrogen-bond donors (Lipinski definition) is 1. The molecule has 0 aromatic heterocycles. The van der Waals surface area contributed by atoms with E-state index in [4.69, 9.17) is 4.74 Å². The topological polar surface area (TPSA) is 75.7 Å². The van der Waals surface area contributed by atoms with E-state index >= 15 is 0 Å². The van der Waals surface area contributed by atoms with E-state index in [9.17, 15) is 13.2 Å². The number of carbonyl (C=O) groups excluding carboxylic acids is 1. The average molecular weight is 391 g/mol. The highest BCUT2D eigenvalue weighted by Crippen LogP contribution is 2.25. The molecule has 1 amide bonds. The predicted molar refractivity (Wildman–Crippen MR) is 109 cm³/mol. The van der Waals surface area contributed by atoms with Crippen LogP contribution >= 0.6 is 0 Å². The van der Waals surface area contributed by atoms with E-state index in [2.05, 4.69) is 5.32 Å². The third-order valence-electron chi connectivity index (χ3n) is 3.96. The van der Waals surface area contributed by atoms with Crippen molar-refractivity contribution in [2.45, 2.75) is 33.7 Å². The van der Waals surface area contributed by atoms with Gasteiger partial charge in [0.25, 0.3) is 0 Å². The first-order chi connectivity index (χ1) is 12.6. The van der Waals surface area contributed by atoms with E-state index in [0.717, 1.165) is 21.7 Å². The van der Waals surface area contributed by atoms with E-state index in [1.807, 2.05) is 26.8 Å². The molecular formula is C20H26N2O4S. The summed E-state index contributed by atoms with van der Waals surface area (Å²) in [4.78, 5) is 12.8. The van der Waals surface area contributed by atoms with Crippen molar-refractivity contribution in [3.8, 4) is 5.75 Å². The number of nitrogens with one attached hydrogen (secondary N) is 1. The molecule has 2 aromatic carbocycles. The molecule has 0 bridgehead atoms. The highest BCUT2D eigenvalue weighted by molar-refractivity contribution is 7.92. The van der Waals surface area contributed by atoms with Crippen LogP contribution in [0.2, 0.25) is 0 Å². The summed E-state index contributed by atoms with van der Waals surface area (Å²) in [5, 5.41) is 2.77. The van der Waals surface area contributed by atoms with Crippen molar-refractivity contribution in [3.63, 3.8) is 0 Å². The summed E-state index contributed by atoms with van der Waals surface area (Å²) in [6, 6.07) is 11.5. The Balaban J connectivity index is 2.31. The van der Waals surface area contributed by atoms with Gasteiger partial charge in [-0.3, -0.25) is 9.10 Å². The van der Waals surface area contributed by atoms with Crippen LogP contribution in [-0.4, -0.2) is 33.2 Å². The Morgan fingerprint density at radius 3 is 2.33 bits per heavy atom. The third kappa shape index (κ3) is 5.47. The van der Waals surface area contributed by atoms with Gasteiger partial charge >= 0.3 is 0 Å². The minimum absolute atomic E-state index is 0.423. The molecule has 6 nitrogen and oxygen atoms in total. The van der Waals surface area contributed by atoms with Gasteiger partial charge in [-0.25, -0.2) is 8.42 Å². The van der Waals surface area contributed by atoms with Gasteiger partial charge < -0.3 is 10.1 Å². The smallest absolute Gasteiger partial charge is 0.247 e. The second-order valence-electron chi connectivity index (χ2n) is 6.53. The van der Waals surface area contributed by atoms with Crippen molar-refractivity contribution in [2.24, 2.45) is 0 Å². The Bertz CT molecular complexity index is 905. The zero-order valence-corrected chi connectivity index (χ0v) is 17.1. The molecule has 146 valence electrons. The lowest BCUT2D eigenvalue weighted by atomic mass is 10.1. The fourth-order valence-corrected chi connectivity index (χ4v) is 4.12. The second-order valence-corrected chi connectivity index (χ2v) is 8.39. The third-order valence-corrected chi connectivity index (χ3v) is 5.20. The Morgan fingerprint density at radius 2 is 1.78 bits per heavy atom. The summed E-state index contributed by atoms with van der Waals surface area (Å²) in [7, 11) is -3.66. The molecule has 0 saturated heterocycles. The summed E-state index contributed by atoms with van der Waals surface area (Å²) >= 11 is 0. The number of ether oxygens (including phenoxy) is 1. The van der Waals surface area contributed by atoms with Gasteiger partial charge in [0.05, 0.1) is 18.6 Å². The minimum atomic E-state index is -3.66. The lowest BCUT2D eigenvalue weighted by molar-refractivity contribution is -0.116. The fourth-order valence-electron chi connectivity index (χ4n) is 2.96. The second kappa shape index (κ2) is 8.43. The van der Waals surface area contributed by atoms with E-state index in [-0.39, 0.29) is 0 Å². The van der Waals surface area contributed by atoms with Gasteiger partial charge in [-0.1, -0.05) is 12.1 Å². The van der Waals surface area contributed by atoms with Crippen molar-refractivity contribution in [1.29, 1.82) is 0 Å². The number of benzene rings is 2. The van der Waals surface area contributed by atoms with Crippen LogP contribution in [0.1, 0.15) is 25.0 Å². The number of hydrogen-bond acceptors (Lipinski definition) is 4. The van der Waals surface area contributed by atoms with Crippen molar-refractivity contribution < 1.29 is 17.9 Å². The number of sulfonamides is 1. The lowest BCUT2D eigenvalue weighted by Crippen LogP contribution is -2.45. The largest absolute Gasteiger partial charge is 0.494 e. The Kier molecular flexibility index (Phi) is 6.49. The maximum Gasteiger partial charge on any atom is 0.247 e. The molecule has 2 aromatic rings. The van der Waals surface area contributed by atoms with Crippen LogP contribution in [0.4, 0.5) is 11.4 Å². The number of anilines is 2. The van der Waals surface area contributed by atoms with Gasteiger partial charge in [0.2, 0.25) is 15.9 Å². The maximum absolute atomic E-state index is 12.8. The van der Waals surface area contributed by atoms with Crippen LogP contribution in [-0.2, 0) is 14.8 Å². The Morgan fingerprint density at radius 1 is 1.15 bits per heavy atom. The van der Waals surface area contributed by atoms with Gasteiger partial charge in [0, 0.05) is 11.8 Å². The molecule has 1 atom stereocenters. The number of carbonyl (C=O) groups is 1. The molecule has 0 unspecified atom stereocenters. The zero-order valence-electron chi connectivity index (χ0n) is 16.3. The predicted octanol–water partition coefficient (Wildman–Crippen LogP) is 3.50. The van der Waals surface area contributed by atoms with Crippen molar-refractivity contribution in [1.82, 2.24) is 0 Å². The molecule has 0 saturated carbocycles. The van der Waals surface area contributed by atoms with Gasteiger partial charge in [-0.2, -0.15) is 0 Å². The molecular weight excluding hydrogens is 364 g/mol. The lowest BCUT2D eigenvalue weighted by Gasteiger charge is -2.28. The molecule has 0 aliphatic carbocycles. The van der Waals surface area contributed by atoms with Crippen molar-refractivity contribution in [2.75, 3.05) is 22.5 Å². The van der Waals surface area contributed by atoms with Crippen molar-refractivity contribution in [3.05, 3.63) is 53.6 Å². The summed E-state index contributed by atoms with van der Waals surface area (Å²) in [5.41, 5.74) is 2.87. The monoisotopic (exact) mass is 390 g/mol. The fraction of sp³-hybridized carbons (Fsp3) is 0.350.